The lowest BCUT2D eigenvalue weighted by Gasteiger charge is -2.17. The highest BCUT2D eigenvalue weighted by Crippen LogP contribution is 2.34. The van der Waals surface area contributed by atoms with Crippen LogP contribution in [-0.4, -0.2) is 41.7 Å². The number of nitrogens with zero attached hydrogens (tertiary/aromatic N) is 3. The van der Waals surface area contributed by atoms with Gasteiger partial charge in [0, 0.05) is 5.56 Å². The maximum Gasteiger partial charge on any atom is 0.347 e. The molecule has 0 radical (unpaired) electrons. The molecule has 0 amide bonds. The first-order valence-electron chi connectivity index (χ1n) is 13.0. The van der Waals surface area contributed by atoms with Crippen molar-refractivity contribution in [2.45, 2.75) is 46.6 Å². The van der Waals surface area contributed by atoms with Gasteiger partial charge in [0.25, 0.3) is 5.56 Å². The van der Waals surface area contributed by atoms with Gasteiger partial charge in [-0.05, 0) is 85.8 Å². The van der Waals surface area contributed by atoms with Crippen LogP contribution in [0.3, 0.4) is 0 Å². The SMILES string of the molecule is CCOC(=O)[C@H](C)Oc1ccc(C=Nn2c(-c3cc(C(C)C)c(OC)cc3C)nc3ccccc3c2=O)cc1Cl. The molecule has 0 unspecified atom stereocenters. The maximum absolute atomic E-state index is 13.7. The van der Waals surface area contributed by atoms with Gasteiger partial charge in [0.2, 0.25) is 0 Å². The average Bonchev–Trinajstić information content (AvgIpc) is 2.93. The van der Waals surface area contributed by atoms with Crippen LogP contribution in [0.2, 0.25) is 5.02 Å². The molecule has 208 valence electrons. The molecule has 0 N–H and O–H groups in total. The highest BCUT2D eigenvalue weighted by Gasteiger charge is 2.19. The van der Waals surface area contributed by atoms with Gasteiger partial charge in [-0.1, -0.05) is 37.6 Å². The van der Waals surface area contributed by atoms with E-state index in [4.69, 9.17) is 30.8 Å². The molecule has 8 nitrogen and oxygen atoms in total. The van der Waals surface area contributed by atoms with Gasteiger partial charge >= 0.3 is 5.97 Å². The molecule has 3 aromatic carbocycles. The Morgan fingerprint density at radius 3 is 2.52 bits per heavy atom. The minimum atomic E-state index is -0.815. The summed E-state index contributed by atoms with van der Waals surface area (Å²) in [7, 11) is 1.65. The quantitative estimate of drug-likeness (QED) is 0.174. The van der Waals surface area contributed by atoms with Crippen LogP contribution in [0, 0.1) is 6.92 Å². The number of hydrogen-bond acceptors (Lipinski definition) is 7. The molecule has 4 aromatic rings. The van der Waals surface area contributed by atoms with Crippen molar-refractivity contribution in [3.63, 3.8) is 0 Å². The van der Waals surface area contributed by atoms with Crippen LogP contribution < -0.4 is 15.0 Å². The minimum Gasteiger partial charge on any atom is -0.496 e. The van der Waals surface area contributed by atoms with Crippen LogP contribution in [-0.2, 0) is 9.53 Å². The van der Waals surface area contributed by atoms with E-state index in [9.17, 15) is 9.59 Å². The largest absolute Gasteiger partial charge is 0.496 e. The lowest BCUT2D eigenvalue weighted by atomic mass is 9.96. The van der Waals surface area contributed by atoms with Gasteiger partial charge < -0.3 is 14.2 Å². The number of aromatic nitrogens is 2. The van der Waals surface area contributed by atoms with Gasteiger partial charge in [-0.15, -0.1) is 0 Å². The number of aryl methyl sites for hydroxylation is 1. The summed E-state index contributed by atoms with van der Waals surface area (Å²) in [5, 5.41) is 5.30. The number of ether oxygens (including phenoxy) is 3. The third kappa shape index (κ3) is 6.02. The summed E-state index contributed by atoms with van der Waals surface area (Å²) in [5.74, 6) is 1.24. The van der Waals surface area contributed by atoms with Crippen LogP contribution in [0.25, 0.3) is 22.3 Å². The molecule has 0 aliphatic rings. The van der Waals surface area contributed by atoms with Crippen LogP contribution in [0.5, 0.6) is 11.5 Å². The second-order valence-corrected chi connectivity index (χ2v) is 9.99. The molecule has 0 spiro atoms. The van der Waals surface area contributed by atoms with Crippen molar-refractivity contribution < 1.29 is 19.0 Å². The standard InChI is InChI=1S/C31H32ClN3O5/c1-7-39-31(37)20(5)40-27-13-12-21(15-25(27)32)17-33-35-29(34-26-11-9-8-10-22(26)30(35)36)24-16-23(18(2)3)28(38-6)14-19(24)4/h8-18,20H,7H2,1-6H3/t20-/m0/s1. The lowest BCUT2D eigenvalue weighted by Crippen LogP contribution is -2.26. The van der Waals surface area contributed by atoms with Gasteiger partial charge in [-0.25, -0.2) is 9.78 Å². The molecule has 40 heavy (non-hydrogen) atoms. The van der Waals surface area contributed by atoms with E-state index < -0.39 is 12.1 Å². The predicted molar refractivity (Wildman–Crippen MR) is 158 cm³/mol. The second kappa shape index (κ2) is 12.3. The summed E-state index contributed by atoms with van der Waals surface area (Å²) in [6.45, 7) is 9.70. The highest BCUT2D eigenvalue weighted by molar-refractivity contribution is 6.32. The van der Waals surface area contributed by atoms with Gasteiger partial charge in [0.15, 0.2) is 11.9 Å². The Balaban J connectivity index is 1.79. The number of esters is 1. The van der Waals surface area contributed by atoms with E-state index in [1.54, 1.807) is 51.3 Å². The topological polar surface area (TPSA) is 92.0 Å². The summed E-state index contributed by atoms with van der Waals surface area (Å²) in [6, 6.07) is 16.2. The van der Waals surface area contributed by atoms with E-state index in [2.05, 4.69) is 18.9 Å². The number of methoxy groups -OCH3 is 1. The van der Waals surface area contributed by atoms with E-state index in [1.807, 2.05) is 31.2 Å². The minimum absolute atomic E-state index is 0.188. The zero-order valence-corrected chi connectivity index (χ0v) is 24.2. The Labute approximate surface area is 238 Å². The van der Waals surface area contributed by atoms with Gasteiger partial charge in [-0.2, -0.15) is 9.78 Å². The van der Waals surface area contributed by atoms with Crippen molar-refractivity contribution >= 4 is 34.7 Å². The molecule has 4 rings (SSSR count). The summed E-state index contributed by atoms with van der Waals surface area (Å²) >= 11 is 6.44. The second-order valence-electron chi connectivity index (χ2n) is 9.58. The van der Waals surface area contributed by atoms with Crippen molar-refractivity contribution in [2.75, 3.05) is 13.7 Å². The average molecular weight is 562 g/mol. The number of carbonyl (C=O) groups is 1. The smallest absolute Gasteiger partial charge is 0.347 e. The molecule has 1 heterocycles. The molecule has 0 saturated carbocycles. The molecule has 0 bridgehead atoms. The Kier molecular flexibility index (Phi) is 8.90. The van der Waals surface area contributed by atoms with Crippen molar-refractivity contribution in [1.29, 1.82) is 0 Å². The Morgan fingerprint density at radius 1 is 1.10 bits per heavy atom. The third-order valence-corrected chi connectivity index (χ3v) is 6.69. The molecule has 0 saturated heterocycles. The number of rotatable bonds is 9. The molecule has 0 aliphatic heterocycles. The number of fused-ring (bicyclic) bond motifs is 1. The number of halogens is 1. The number of benzene rings is 3. The van der Waals surface area contributed by atoms with Gasteiger partial charge in [0.1, 0.15) is 11.5 Å². The van der Waals surface area contributed by atoms with E-state index in [-0.39, 0.29) is 23.1 Å². The fraction of sp³-hybridized carbons (Fsp3) is 0.290. The van der Waals surface area contributed by atoms with Crippen LogP contribution in [0.1, 0.15) is 50.3 Å². The van der Waals surface area contributed by atoms with E-state index in [0.717, 1.165) is 22.4 Å². The van der Waals surface area contributed by atoms with E-state index >= 15 is 0 Å². The molecular formula is C31H32ClN3O5. The fourth-order valence-electron chi connectivity index (χ4n) is 4.29. The molecular weight excluding hydrogens is 530 g/mol. The molecule has 9 heteroatoms. The van der Waals surface area contributed by atoms with Crippen LogP contribution in [0.15, 0.2) is 64.5 Å². The fourth-order valence-corrected chi connectivity index (χ4v) is 4.52. The maximum atomic E-state index is 13.7. The number of carbonyl (C=O) groups excluding carboxylic acids is 1. The molecule has 0 fully saturated rings. The number of hydrogen-bond donors (Lipinski definition) is 0. The molecule has 0 aliphatic carbocycles. The Morgan fingerprint density at radius 2 is 1.85 bits per heavy atom. The molecule has 1 aromatic heterocycles. The summed E-state index contributed by atoms with van der Waals surface area (Å²) in [4.78, 5) is 30.4. The first-order valence-corrected chi connectivity index (χ1v) is 13.4. The summed E-state index contributed by atoms with van der Waals surface area (Å²) < 4.78 is 17.6. The summed E-state index contributed by atoms with van der Waals surface area (Å²) in [6.07, 6.45) is 0.721. The van der Waals surface area contributed by atoms with Crippen molar-refractivity contribution in [2.24, 2.45) is 5.10 Å². The van der Waals surface area contributed by atoms with Gasteiger partial charge in [0.05, 0.1) is 35.9 Å². The van der Waals surface area contributed by atoms with Crippen molar-refractivity contribution in [3.05, 3.63) is 86.7 Å². The normalized spacial score (nSPS) is 12.2. The van der Waals surface area contributed by atoms with E-state index in [1.165, 1.54) is 10.9 Å². The van der Waals surface area contributed by atoms with Crippen molar-refractivity contribution in [1.82, 2.24) is 9.66 Å². The summed E-state index contributed by atoms with van der Waals surface area (Å²) in [5.41, 5.74) is 3.58. The Hall–Kier alpha value is -4.17. The molecule has 1 atom stereocenters. The zero-order valence-electron chi connectivity index (χ0n) is 23.4. The van der Waals surface area contributed by atoms with Gasteiger partial charge in [-0.3, -0.25) is 4.79 Å². The zero-order chi connectivity index (χ0) is 29.0. The lowest BCUT2D eigenvalue weighted by molar-refractivity contribution is -0.150. The predicted octanol–water partition coefficient (Wildman–Crippen LogP) is 6.37. The van der Waals surface area contributed by atoms with Crippen LogP contribution >= 0.6 is 11.6 Å². The third-order valence-electron chi connectivity index (χ3n) is 6.39. The first-order chi connectivity index (χ1) is 19.1. The van der Waals surface area contributed by atoms with Crippen LogP contribution in [0.4, 0.5) is 0 Å². The highest BCUT2D eigenvalue weighted by atomic mass is 35.5. The van der Waals surface area contributed by atoms with E-state index in [0.29, 0.717) is 28.0 Å². The van der Waals surface area contributed by atoms with Crippen molar-refractivity contribution in [3.8, 4) is 22.9 Å². The Bertz CT molecular complexity index is 1640. The first kappa shape index (κ1) is 28.8. The number of para-hydroxylation sites is 1. The monoisotopic (exact) mass is 561 g/mol.